The lowest BCUT2D eigenvalue weighted by Gasteiger charge is -2.06. The molecule has 0 aliphatic heterocycles. The molecule has 0 aromatic heterocycles. The van der Waals surface area contributed by atoms with Crippen molar-refractivity contribution in [3.05, 3.63) is 76.9 Å². The Bertz CT molecular complexity index is 753. The average molecular weight is 301 g/mol. The highest BCUT2D eigenvalue weighted by molar-refractivity contribution is 6.06. The quantitative estimate of drug-likeness (QED) is 0.620. The molecule has 0 N–H and O–H groups in total. The Morgan fingerprint density at radius 1 is 1.09 bits per heavy atom. The van der Waals surface area contributed by atoms with E-state index in [1.54, 1.807) is 24.3 Å². The van der Waals surface area contributed by atoms with Crippen molar-refractivity contribution in [3.8, 4) is 6.07 Å². The van der Waals surface area contributed by atoms with Gasteiger partial charge in [0, 0.05) is 5.56 Å². The summed E-state index contributed by atoms with van der Waals surface area (Å²) in [5, 5.41) is 8.78. The summed E-state index contributed by atoms with van der Waals surface area (Å²) in [4.78, 5) is 11.9. The van der Waals surface area contributed by atoms with Crippen LogP contribution in [0.1, 0.15) is 27.0 Å². The van der Waals surface area contributed by atoms with Gasteiger partial charge in [-0.3, -0.25) is 4.79 Å². The van der Waals surface area contributed by atoms with Crippen LogP contribution in [-0.2, 0) is 6.18 Å². The first-order chi connectivity index (χ1) is 10.4. The van der Waals surface area contributed by atoms with E-state index in [2.05, 4.69) is 0 Å². The minimum absolute atomic E-state index is 0.167. The van der Waals surface area contributed by atoms with Gasteiger partial charge in [0.15, 0.2) is 5.78 Å². The third kappa shape index (κ3) is 3.83. The molecule has 0 bridgehead atoms. The summed E-state index contributed by atoms with van der Waals surface area (Å²) in [5.74, 6) is -0.406. The summed E-state index contributed by atoms with van der Waals surface area (Å²) < 4.78 is 37.3. The number of carbonyl (C=O) groups excluding carboxylic acids is 1. The number of carbonyl (C=O) groups is 1. The highest BCUT2D eigenvalue weighted by Crippen LogP contribution is 2.29. The number of ketones is 1. The topological polar surface area (TPSA) is 40.9 Å². The highest BCUT2D eigenvalue weighted by atomic mass is 19.4. The van der Waals surface area contributed by atoms with Crippen molar-refractivity contribution >= 4 is 11.9 Å². The molecule has 2 nitrogen and oxygen atoms in total. The van der Waals surface area contributed by atoms with Crippen LogP contribution in [0.15, 0.2) is 54.6 Å². The third-order valence-corrected chi connectivity index (χ3v) is 2.94. The number of benzene rings is 2. The zero-order chi connectivity index (χ0) is 16.2. The van der Waals surface area contributed by atoms with Gasteiger partial charge in [0.2, 0.25) is 0 Å². The molecule has 0 unspecified atom stereocenters. The molecule has 5 heteroatoms. The smallest absolute Gasteiger partial charge is 0.289 e. The van der Waals surface area contributed by atoms with Gasteiger partial charge in [-0.25, -0.2) is 0 Å². The lowest BCUT2D eigenvalue weighted by Crippen LogP contribution is -2.05. The second-order valence-electron chi connectivity index (χ2n) is 4.51. The maximum atomic E-state index is 12.4. The van der Waals surface area contributed by atoms with Crippen LogP contribution in [0.25, 0.3) is 6.08 Å². The maximum Gasteiger partial charge on any atom is 0.416 e. The van der Waals surface area contributed by atoms with Gasteiger partial charge in [0.25, 0.3) is 0 Å². The van der Waals surface area contributed by atoms with E-state index in [9.17, 15) is 18.0 Å². The molecule has 0 amide bonds. The van der Waals surface area contributed by atoms with Crippen LogP contribution >= 0.6 is 0 Å². The summed E-state index contributed by atoms with van der Waals surface area (Å²) in [5.41, 5.74) is 0.499. The fourth-order valence-corrected chi connectivity index (χ4v) is 1.80. The number of nitrogens with zero attached hydrogens (tertiary/aromatic N) is 1. The average Bonchev–Trinajstić information content (AvgIpc) is 2.52. The van der Waals surface area contributed by atoms with Crippen LogP contribution in [0.3, 0.4) is 0 Å². The molecule has 0 saturated heterocycles. The molecule has 0 spiro atoms. The lowest BCUT2D eigenvalue weighted by molar-refractivity contribution is -0.137. The molecule has 0 radical (unpaired) electrons. The minimum Gasteiger partial charge on any atom is -0.289 e. The van der Waals surface area contributed by atoms with Crippen molar-refractivity contribution in [1.82, 2.24) is 0 Å². The second-order valence-corrected chi connectivity index (χ2v) is 4.51. The number of hydrogen-bond donors (Lipinski definition) is 0. The van der Waals surface area contributed by atoms with Gasteiger partial charge >= 0.3 is 6.18 Å². The lowest BCUT2D eigenvalue weighted by atomic mass is 10.1. The van der Waals surface area contributed by atoms with E-state index < -0.39 is 17.5 Å². The monoisotopic (exact) mass is 301 g/mol. The van der Waals surface area contributed by atoms with E-state index in [0.29, 0.717) is 11.1 Å². The van der Waals surface area contributed by atoms with Crippen molar-refractivity contribution in [3.63, 3.8) is 0 Å². The molecule has 110 valence electrons. The molecule has 0 atom stereocenters. The third-order valence-electron chi connectivity index (χ3n) is 2.94. The Hall–Kier alpha value is -2.87. The van der Waals surface area contributed by atoms with Crippen LogP contribution in [0.4, 0.5) is 13.2 Å². The minimum atomic E-state index is -4.42. The SMILES string of the molecule is N#Cc1cccc(/C=C/C(=O)c2ccc(C(F)(F)F)cc2)c1. The van der Waals surface area contributed by atoms with Gasteiger partial charge in [-0.1, -0.05) is 30.3 Å². The van der Waals surface area contributed by atoms with Crippen molar-refractivity contribution in [2.24, 2.45) is 0 Å². The van der Waals surface area contributed by atoms with E-state index in [1.807, 2.05) is 6.07 Å². The highest BCUT2D eigenvalue weighted by Gasteiger charge is 2.30. The van der Waals surface area contributed by atoms with Crippen molar-refractivity contribution < 1.29 is 18.0 Å². The molecule has 0 aliphatic carbocycles. The Morgan fingerprint density at radius 2 is 1.77 bits per heavy atom. The number of allylic oxidation sites excluding steroid dienone is 1. The predicted octanol–water partition coefficient (Wildman–Crippen LogP) is 4.47. The normalized spacial score (nSPS) is 11.4. The second kappa shape index (κ2) is 6.27. The van der Waals surface area contributed by atoms with Crippen molar-refractivity contribution in [1.29, 1.82) is 5.26 Å². The molecule has 0 heterocycles. The standard InChI is InChI=1S/C17H10F3NO/c18-17(19,20)15-7-5-14(6-8-15)16(22)9-4-12-2-1-3-13(10-12)11-21/h1-10H/b9-4+. The zero-order valence-electron chi connectivity index (χ0n) is 11.3. The summed E-state index contributed by atoms with van der Waals surface area (Å²) in [6.07, 6.45) is -1.64. The molecular weight excluding hydrogens is 291 g/mol. The Kier molecular flexibility index (Phi) is 4.42. The first kappa shape index (κ1) is 15.5. The molecule has 0 aliphatic rings. The number of alkyl halides is 3. The molecule has 2 aromatic carbocycles. The van der Waals surface area contributed by atoms with Crippen molar-refractivity contribution in [2.45, 2.75) is 6.18 Å². The maximum absolute atomic E-state index is 12.4. The predicted molar refractivity (Wildman–Crippen MR) is 76.0 cm³/mol. The van der Waals surface area contributed by atoms with Gasteiger partial charge in [-0.2, -0.15) is 18.4 Å². The van der Waals surface area contributed by atoms with E-state index in [1.165, 1.54) is 12.2 Å². The fourth-order valence-electron chi connectivity index (χ4n) is 1.80. The molecule has 2 rings (SSSR count). The summed E-state index contributed by atoms with van der Waals surface area (Å²) in [6, 6.07) is 12.6. The van der Waals surface area contributed by atoms with Gasteiger partial charge in [0.05, 0.1) is 17.2 Å². The van der Waals surface area contributed by atoms with Crippen LogP contribution < -0.4 is 0 Å². The van der Waals surface area contributed by atoms with Gasteiger partial charge < -0.3 is 0 Å². The molecular formula is C17H10F3NO. The Morgan fingerprint density at radius 3 is 2.36 bits per heavy atom. The summed E-state index contributed by atoms with van der Waals surface area (Å²) in [6.45, 7) is 0. The van der Waals surface area contributed by atoms with Crippen molar-refractivity contribution in [2.75, 3.05) is 0 Å². The number of halogens is 3. The molecule has 22 heavy (non-hydrogen) atoms. The van der Waals surface area contributed by atoms with Crippen LogP contribution in [-0.4, -0.2) is 5.78 Å². The summed E-state index contributed by atoms with van der Waals surface area (Å²) in [7, 11) is 0. The summed E-state index contributed by atoms with van der Waals surface area (Å²) >= 11 is 0. The molecule has 2 aromatic rings. The molecule has 0 fully saturated rings. The van der Waals surface area contributed by atoms with E-state index in [4.69, 9.17) is 5.26 Å². The van der Waals surface area contributed by atoms with Gasteiger partial charge in [-0.15, -0.1) is 0 Å². The first-order valence-corrected chi connectivity index (χ1v) is 6.30. The van der Waals surface area contributed by atoms with Crippen LogP contribution in [0, 0.1) is 11.3 Å². The Labute approximate surface area is 125 Å². The van der Waals surface area contributed by atoms with E-state index in [-0.39, 0.29) is 5.56 Å². The number of hydrogen-bond acceptors (Lipinski definition) is 2. The van der Waals surface area contributed by atoms with Crippen LogP contribution in [0.5, 0.6) is 0 Å². The largest absolute Gasteiger partial charge is 0.416 e. The zero-order valence-corrected chi connectivity index (χ0v) is 11.3. The fraction of sp³-hybridized carbons (Fsp3) is 0.0588. The van der Waals surface area contributed by atoms with Gasteiger partial charge in [-0.05, 0) is 35.9 Å². The number of nitriles is 1. The van der Waals surface area contributed by atoms with E-state index in [0.717, 1.165) is 24.3 Å². The first-order valence-electron chi connectivity index (χ1n) is 6.30. The van der Waals surface area contributed by atoms with Gasteiger partial charge in [0.1, 0.15) is 0 Å². The molecule has 0 saturated carbocycles. The van der Waals surface area contributed by atoms with Crippen LogP contribution in [0.2, 0.25) is 0 Å². The van der Waals surface area contributed by atoms with E-state index >= 15 is 0 Å². The Balaban J connectivity index is 2.15. The number of rotatable bonds is 3.